The smallest absolute Gasteiger partial charge is 0.462 e. The molecular weight excluding hydrogens is 799 g/mol. The van der Waals surface area contributed by atoms with Crippen LogP contribution in [0.1, 0.15) is 5.56 Å². The molecule has 1 aromatic carbocycles. The van der Waals surface area contributed by atoms with Crippen molar-refractivity contribution in [2.45, 2.75) is 77.9 Å². The molecule has 0 fully saturated rings. The van der Waals surface area contributed by atoms with Crippen LogP contribution in [0.2, 0.25) is 0 Å². The maximum atomic E-state index is 14.1. The summed E-state index contributed by atoms with van der Waals surface area (Å²) in [5.74, 6) is -95.2. The van der Waals surface area contributed by atoms with E-state index >= 15 is 0 Å². The predicted octanol–water partition coefficient (Wildman–Crippen LogP) is 9.85. The van der Waals surface area contributed by atoms with Gasteiger partial charge in [-0.25, -0.2) is 4.79 Å². The van der Waals surface area contributed by atoms with E-state index in [9.17, 15) is 115 Å². The number of benzene rings is 1. The van der Waals surface area contributed by atoms with Gasteiger partial charge in [-0.3, -0.25) is 0 Å². The summed E-state index contributed by atoms with van der Waals surface area (Å²) in [7, 11) is 0. The second-order valence-electron chi connectivity index (χ2n) is 9.63. The van der Waals surface area contributed by atoms with E-state index < -0.39 is 89.8 Å². The van der Waals surface area contributed by atoms with E-state index in [1.54, 1.807) is 0 Å². The van der Waals surface area contributed by atoms with E-state index in [-0.39, 0.29) is 24.1 Å². The zero-order chi connectivity index (χ0) is 41.1. The van der Waals surface area contributed by atoms with Gasteiger partial charge >= 0.3 is 77.5 Å². The molecule has 0 atom stereocenters. The molecule has 1 rings (SSSR count). The summed E-state index contributed by atoms with van der Waals surface area (Å²) in [5, 5.41) is 0. The van der Waals surface area contributed by atoms with E-state index in [4.69, 9.17) is 0 Å². The Kier molecular flexibility index (Phi) is 11.5. The van der Waals surface area contributed by atoms with Crippen molar-refractivity contribution in [3.05, 3.63) is 42.5 Å². The van der Waals surface area contributed by atoms with E-state index in [2.05, 4.69) is 16.1 Å². The second-order valence-corrected chi connectivity index (χ2v) is 9.63. The first-order valence-electron chi connectivity index (χ1n) is 12.0. The van der Waals surface area contributed by atoms with Gasteiger partial charge in [0.1, 0.15) is 5.75 Å². The average molecular weight is 810 g/mol. The number of carbonyl (C=O) groups is 1. The molecule has 0 aliphatic rings. The van der Waals surface area contributed by atoms with Gasteiger partial charge in [0.05, 0.1) is 6.61 Å². The number of rotatable bonds is 16. The molecule has 0 bridgehead atoms. The highest BCUT2D eigenvalue weighted by atomic mass is 19.4. The standard InChI is InChI=1S/C23H11F25O3/c1-2-11(49)50-8-7-9-3-5-10(6-4-9)51-23(47,48)21(42,43)19(38,39)17(34,35)15(30,31)13(26,27)12(24,25)14(28,29)16(32,33)18(36,37)20(40,41)22(44,45)46/h2-6H,1,7-8H2. The minimum Gasteiger partial charge on any atom is -0.462 e. The molecule has 0 radical (unpaired) electrons. The lowest BCUT2D eigenvalue weighted by molar-refractivity contribution is -0.486. The van der Waals surface area contributed by atoms with Gasteiger partial charge in [0.15, 0.2) is 0 Å². The van der Waals surface area contributed by atoms with Gasteiger partial charge in [-0.05, 0) is 17.7 Å². The van der Waals surface area contributed by atoms with E-state index in [1.165, 1.54) is 0 Å². The molecule has 3 nitrogen and oxygen atoms in total. The molecule has 0 saturated heterocycles. The monoisotopic (exact) mass is 810 g/mol. The molecule has 0 N–H and O–H groups in total. The molecule has 0 unspecified atom stereocenters. The number of ether oxygens (including phenoxy) is 2. The molecule has 28 heteroatoms. The van der Waals surface area contributed by atoms with Crippen LogP contribution in [0.4, 0.5) is 110 Å². The number of hydrogen-bond donors (Lipinski definition) is 0. The Bertz CT molecular complexity index is 1410. The van der Waals surface area contributed by atoms with Crippen LogP contribution >= 0.6 is 0 Å². The summed E-state index contributed by atoms with van der Waals surface area (Å²) >= 11 is 0. The Labute approximate surface area is 263 Å². The highest BCUT2D eigenvalue weighted by molar-refractivity contribution is 5.81. The largest absolute Gasteiger partial charge is 0.471 e. The van der Waals surface area contributed by atoms with Crippen molar-refractivity contribution >= 4 is 5.97 Å². The number of alkyl halides is 25. The minimum atomic E-state index is -9.66. The SMILES string of the molecule is C=CC(=O)OCCc1ccc(OC(F)(F)C(F)(F)C(F)(F)C(F)(F)C(F)(F)C(F)(F)C(F)(F)C(F)(F)C(F)(F)C(F)(F)C(F)(F)C(F)(F)F)cc1. The first-order chi connectivity index (χ1) is 22.2. The lowest BCUT2D eigenvalue weighted by Crippen LogP contribution is -2.78. The number of halogens is 25. The molecule has 51 heavy (non-hydrogen) atoms. The first kappa shape index (κ1) is 45.5. The fourth-order valence-corrected chi connectivity index (χ4v) is 3.20. The quantitative estimate of drug-likeness (QED) is 0.0949. The lowest BCUT2D eigenvalue weighted by atomic mass is 9.85. The zero-order valence-corrected chi connectivity index (χ0v) is 23.2. The molecule has 0 heterocycles. The Balaban J connectivity index is 3.65. The number of esters is 1. The number of carbonyl (C=O) groups excluding carboxylic acids is 1. The Hall–Kier alpha value is -3.52. The van der Waals surface area contributed by atoms with Crippen LogP contribution in [0.5, 0.6) is 5.75 Å². The van der Waals surface area contributed by atoms with E-state index in [0.717, 1.165) is 0 Å². The fourth-order valence-electron chi connectivity index (χ4n) is 3.20. The summed E-state index contributed by atoms with van der Waals surface area (Å²) in [6.45, 7) is 2.48. The number of hydrogen-bond acceptors (Lipinski definition) is 3. The third-order valence-electron chi connectivity index (χ3n) is 6.24. The van der Waals surface area contributed by atoms with Crippen LogP contribution < -0.4 is 4.74 Å². The third kappa shape index (κ3) is 6.55. The van der Waals surface area contributed by atoms with Crippen molar-refractivity contribution < 1.29 is 124 Å². The lowest BCUT2D eigenvalue weighted by Gasteiger charge is -2.45. The first-order valence-corrected chi connectivity index (χ1v) is 12.0. The van der Waals surface area contributed by atoms with Gasteiger partial charge in [-0.2, -0.15) is 110 Å². The van der Waals surface area contributed by atoms with Crippen LogP contribution in [0.3, 0.4) is 0 Å². The van der Waals surface area contributed by atoms with Gasteiger partial charge in [-0.15, -0.1) is 0 Å². The van der Waals surface area contributed by atoms with Crippen LogP contribution in [-0.4, -0.2) is 84.1 Å². The van der Waals surface area contributed by atoms with Crippen molar-refractivity contribution in [2.75, 3.05) is 6.61 Å². The molecule has 0 amide bonds. The van der Waals surface area contributed by atoms with E-state index in [0.29, 0.717) is 18.2 Å². The van der Waals surface area contributed by atoms with Crippen molar-refractivity contribution in [1.82, 2.24) is 0 Å². The van der Waals surface area contributed by atoms with Crippen molar-refractivity contribution in [3.8, 4) is 5.75 Å². The van der Waals surface area contributed by atoms with Crippen LogP contribution in [-0.2, 0) is 16.0 Å². The minimum absolute atomic E-state index is 0.0919. The average Bonchev–Trinajstić information content (AvgIpc) is 2.96. The molecular formula is C23H11F25O3. The maximum absolute atomic E-state index is 14.1. The Morgan fingerprint density at radius 2 is 0.784 bits per heavy atom. The topological polar surface area (TPSA) is 35.5 Å². The maximum Gasteiger partial charge on any atom is 0.471 e. The van der Waals surface area contributed by atoms with Crippen LogP contribution in [0.15, 0.2) is 36.9 Å². The summed E-state index contributed by atoms with van der Waals surface area (Å²) in [4.78, 5) is 10.9. The Morgan fingerprint density at radius 1 is 0.490 bits per heavy atom. The molecule has 1 aromatic rings. The highest BCUT2D eigenvalue weighted by Crippen LogP contribution is 2.67. The van der Waals surface area contributed by atoms with Gasteiger partial charge in [0, 0.05) is 12.5 Å². The zero-order valence-electron chi connectivity index (χ0n) is 23.2. The Morgan fingerprint density at radius 3 is 1.08 bits per heavy atom. The highest BCUT2D eigenvalue weighted by Gasteiger charge is 2.99. The van der Waals surface area contributed by atoms with Crippen molar-refractivity contribution in [2.24, 2.45) is 0 Å². The van der Waals surface area contributed by atoms with Gasteiger partial charge in [-0.1, -0.05) is 18.7 Å². The summed E-state index contributed by atoms with van der Waals surface area (Å²) in [5.41, 5.74) is -0.115. The molecule has 0 aliphatic carbocycles. The van der Waals surface area contributed by atoms with Gasteiger partial charge < -0.3 is 9.47 Å². The fraction of sp³-hybridized carbons (Fsp3) is 0.609. The predicted molar refractivity (Wildman–Crippen MR) is 112 cm³/mol. The third-order valence-corrected chi connectivity index (χ3v) is 6.24. The van der Waals surface area contributed by atoms with Crippen LogP contribution in [0, 0.1) is 0 Å². The molecule has 0 aromatic heterocycles. The van der Waals surface area contributed by atoms with Crippen molar-refractivity contribution in [3.63, 3.8) is 0 Å². The molecule has 296 valence electrons. The summed E-state index contributed by atoms with van der Waals surface area (Å²) in [6, 6.07) is 1.29. The van der Waals surface area contributed by atoms with E-state index in [1.807, 2.05) is 0 Å². The summed E-state index contributed by atoms with van der Waals surface area (Å²) < 4.78 is 346. The van der Waals surface area contributed by atoms with Gasteiger partial charge in [0.2, 0.25) is 0 Å². The van der Waals surface area contributed by atoms with Crippen molar-refractivity contribution in [1.29, 1.82) is 0 Å². The van der Waals surface area contributed by atoms with Crippen LogP contribution in [0.25, 0.3) is 0 Å². The molecule has 0 saturated carbocycles. The van der Waals surface area contributed by atoms with Gasteiger partial charge in [0.25, 0.3) is 0 Å². The summed E-state index contributed by atoms with van der Waals surface area (Å²) in [6.07, 6.45) is -15.3. The molecule has 0 aliphatic heterocycles. The molecule has 0 spiro atoms. The normalized spacial score (nSPS) is 15.5. The second kappa shape index (κ2) is 12.9.